The minimum atomic E-state index is -0.272. The van der Waals surface area contributed by atoms with Crippen molar-refractivity contribution in [3.05, 3.63) is 64.6 Å². The molecule has 0 radical (unpaired) electrons. The molecule has 0 aliphatic heterocycles. The van der Waals surface area contributed by atoms with Crippen molar-refractivity contribution in [2.75, 3.05) is 0 Å². The van der Waals surface area contributed by atoms with Crippen LogP contribution in [-0.2, 0) is 11.3 Å². The number of aryl methyl sites for hydroxylation is 1. The summed E-state index contributed by atoms with van der Waals surface area (Å²) in [5, 5.41) is 3.31. The summed E-state index contributed by atoms with van der Waals surface area (Å²) in [5.74, 6) is 1.20. The van der Waals surface area contributed by atoms with Gasteiger partial charge in [-0.05, 0) is 38.1 Å². The van der Waals surface area contributed by atoms with E-state index < -0.39 is 0 Å². The van der Waals surface area contributed by atoms with Gasteiger partial charge in [-0.1, -0.05) is 12.1 Å². The van der Waals surface area contributed by atoms with Crippen LogP contribution >= 0.6 is 0 Å². The van der Waals surface area contributed by atoms with Crippen LogP contribution in [0.3, 0.4) is 0 Å². The summed E-state index contributed by atoms with van der Waals surface area (Å²) in [4.78, 5) is 28.7. The Labute approximate surface area is 132 Å². The van der Waals surface area contributed by atoms with Crippen LogP contribution in [0, 0.1) is 6.92 Å². The van der Waals surface area contributed by atoms with Crippen LogP contribution in [0.4, 0.5) is 0 Å². The number of amides is 1. The first kappa shape index (κ1) is 15.0. The SMILES string of the molecule is Cc1ccc(C(C)NC(=O)Cn2cnc3ccccc3c2=O)o1. The second-order valence-electron chi connectivity index (χ2n) is 5.43. The third-order valence-corrected chi connectivity index (χ3v) is 3.61. The Morgan fingerprint density at radius 3 is 2.83 bits per heavy atom. The molecule has 0 saturated heterocycles. The Kier molecular flexibility index (Phi) is 3.97. The second kappa shape index (κ2) is 6.08. The van der Waals surface area contributed by atoms with Gasteiger partial charge in [0.15, 0.2) is 0 Å². The van der Waals surface area contributed by atoms with Crippen molar-refractivity contribution in [2.24, 2.45) is 0 Å². The van der Waals surface area contributed by atoms with Gasteiger partial charge in [0.25, 0.3) is 5.56 Å². The van der Waals surface area contributed by atoms with Crippen LogP contribution in [-0.4, -0.2) is 15.5 Å². The summed E-state index contributed by atoms with van der Waals surface area (Å²) in [5.41, 5.74) is 0.390. The number of carbonyl (C=O) groups is 1. The highest BCUT2D eigenvalue weighted by molar-refractivity contribution is 5.79. The quantitative estimate of drug-likeness (QED) is 0.801. The van der Waals surface area contributed by atoms with Crippen LogP contribution in [0.25, 0.3) is 10.9 Å². The first-order valence-electron chi connectivity index (χ1n) is 7.34. The minimum absolute atomic E-state index is 0.0826. The Bertz CT molecular complexity index is 911. The lowest BCUT2D eigenvalue weighted by Gasteiger charge is -2.12. The predicted molar refractivity (Wildman–Crippen MR) is 86.0 cm³/mol. The van der Waals surface area contributed by atoms with Gasteiger partial charge in [-0.2, -0.15) is 0 Å². The minimum Gasteiger partial charge on any atom is -0.464 e. The van der Waals surface area contributed by atoms with E-state index in [1.54, 1.807) is 18.2 Å². The molecule has 0 fully saturated rings. The second-order valence-corrected chi connectivity index (χ2v) is 5.43. The van der Waals surface area contributed by atoms with Crippen molar-refractivity contribution in [2.45, 2.75) is 26.4 Å². The number of nitrogens with zero attached hydrogens (tertiary/aromatic N) is 2. The van der Waals surface area contributed by atoms with Crippen LogP contribution < -0.4 is 10.9 Å². The Morgan fingerprint density at radius 2 is 2.09 bits per heavy atom. The fourth-order valence-electron chi connectivity index (χ4n) is 2.42. The topological polar surface area (TPSA) is 77.1 Å². The molecule has 2 aromatic heterocycles. The summed E-state index contributed by atoms with van der Waals surface area (Å²) in [6, 6.07) is 10.5. The van der Waals surface area contributed by atoms with Gasteiger partial charge >= 0.3 is 0 Å². The molecule has 0 bridgehead atoms. The van der Waals surface area contributed by atoms with E-state index in [4.69, 9.17) is 4.42 Å². The normalized spacial score (nSPS) is 12.3. The Hall–Kier alpha value is -2.89. The standard InChI is InChI=1S/C17H17N3O3/c1-11-7-8-15(23-11)12(2)19-16(21)9-20-10-18-14-6-4-3-5-13(14)17(20)22/h3-8,10,12H,9H2,1-2H3,(H,19,21). The van der Waals surface area contributed by atoms with Gasteiger partial charge in [0.05, 0.1) is 23.3 Å². The zero-order valence-electron chi connectivity index (χ0n) is 12.9. The fourth-order valence-corrected chi connectivity index (χ4v) is 2.42. The molecule has 3 rings (SSSR count). The largest absolute Gasteiger partial charge is 0.464 e. The summed E-state index contributed by atoms with van der Waals surface area (Å²) in [6.07, 6.45) is 1.39. The maximum absolute atomic E-state index is 12.3. The number of fused-ring (bicyclic) bond motifs is 1. The summed E-state index contributed by atoms with van der Waals surface area (Å²) >= 11 is 0. The molecule has 6 heteroatoms. The molecule has 118 valence electrons. The van der Waals surface area contributed by atoms with E-state index in [0.717, 1.165) is 5.76 Å². The van der Waals surface area contributed by atoms with E-state index >= 15 is 0 Å². The van der Waals surface area contributed by atoms with E-state index in [2.05, 4.69) is 10.3 Å². The fraction of sp³-hybridized carbons (Fsp3) is 0.235. The Morgan fingerprint density at radius 1 is 1.30 bits per heavy atom. The van der Waals surface area contributed by atoms with Crippen LogP contribution in [0.2, 0.25) is 0 Å². The van der Waals surface area contributed by atoms with Gasteiger partial charge in [0.1, 0.15) is 18.1 Å². The van der Waals surface area contributed by atoms with Crippen molar-refractivity contribution in [3.63, 3.8) is 0 Å². The van der Waals surface area contributed by atoms with Gasteiger partial charge < -0.3 is 9.73 Å². The zero-order valence-corrected chi connectivity index (χ0v) is 12.9. The Balaban J connectivity index is 1.75. The molecule has 1 aromatic carbocycles. The van der Waals surface area contributed by atoms with E-state index in [0.29, 0.717) is 16.7 Å². The van der Waals surface area contributed by atoms with Crippen LogP contribution in [0.1, 0.15) is 24.5 Å². The zero-order chi connectivity index (χ0) is 16.4. The van der Waals surface area contributed by atoms with Crippen molar-refractivity contribution >= 4 is 16.8 Å². The lowest BCUT2D eigenvalue weighted by atomic mass is 10.2. The number of carbonyl (C=O) groups excluding carboxylic acids is 1. The molecule has 0 spiro atoms. The molecule has 3 aromatic rings. The van der Waals surface area contributed by atoms with E-state index in [9.17, 15) is 9.59 Å². The van der Waals surface area contributed by atoms with Gasteiger partial charge in [0.2, 0.25) is 5.91 Å². The highest BCUT2D eigenvalue weighted by Crippen LogP contribution is 2.15. The molecule has 23 heavy (non-hydrogen) atoms. The van der Waals surface area contributed by atoms with E-state index in [-0.39, 0.29) is 24.1 Å². The first-order chi connectivity index (χ1) is 11.0. The van der Waals surface area contributed by atoms with Crippen LogP contribution in [0.15, 0.2) is 51.9 Å². The van der Waals surface area contributed by atoms with Crippen molar-refractivity contribution < 1.29 is 9.21 Å². The smallest absolute Gasteiger partial charge is 0.261 e. The van der Waals surface area contributed by atoms with Crippen molar-refractivity contribution in [1.29, 1.82) is 0 Å². The number of para-hydroxylation sites is 1. The maximum Gasteiger partial charge on any atom is 0.261 e. The molecule has 2 heterocycles. The molecule has 1 atom stereocenters. The van der Waals surface area contributed by atoms with Gasteiger partial charge in [-0.15, -0.1) is 0 Å². The third-order valence-electron chi connectivity index (χ3n) is 3.61. The molecule has 6 nitrogen and oxygen atoms in total. The van der Waals surface area contributed by atoms with Gasteiger partial charge in [0, 0.05) is 0 Å². The summed E-state index contributed by atoms with van der Waals surface area (Å²) in [7, 11) is 0. The number of aromatic nitrogens is 2. The molecule has 1 N–H and O–H groups in total. The number of rotatable bonds is 4. The molecule has 1 amide bonds. The molecule has 0 aliphatic rings. The number of hydrogen-bond donors (Lipinski definition) is 1. The highest BCUT2D eigenvalue weighted by atomic mass is 16.3. The lowest BCUT2D eigenvalue weighted by Crippen LogP contribution is -2.33. The number of benzene rings is 1. The maximum atomic E-state index is 12.3. The summed E-state index contributed by atoms with van der Waals surface area (Å²) in [6.45, 7) is 3.59. The molecule has 1 unspecified atom stereocenters. The predicted octanol–water partition coefficient (Wildman–Crippen LogP) is 2.18. The monoisotopic (exact) mass is 311 g/mol. The highest BCUT2D eigenvalue weighted by Gasteiger charge is 2.14. The molecule has 0 aliphatic carbocycles. The number of furan rings is 1. The number of hydrogen-bond acceptors (Lipinski definition) is 4. The average Bonchev–Trinajstić information content (AvgIpc) is 2.97. The summed E-state index contributed by atoms with van der Waals surface area (Å²) < 4.78 is 6.79. The average molecular weight is 311 g/mol. The molecule has 0 saturated carbocycles. The van der Waals surface area contributed by atoms with Crippen molar-refractivity contribution in [3.8, 4) is 0 Å². The van der Waals surface area contributed by atoms with Gasteiger partial charge in [-0.25, -0.2) is 4.98 Å². The van der Waals surface area contributed by atoms with Gasteiger partial charge in [-0.3, -0.25) is 14.2 Å². The lowest BCUT2D eigenvalue weighted by molar-refractivity contribution is -0.122. The molecular weight excluding hydrogens is 294 g/mol. The first-order valence-corrected chi connectivity index (χ1v) is 7.34. The number of nitrogens with one attached hydrogen (secondary N) is 1. The molecular formula is C17H17N3O3. The van der Waals surface area contributed by atoms with E-state index in [1.165, 1.54) is 10.9 Å². The van der Waals surface area contributed by atoms with Crippen LogP contribution in [0.5, 0.6) is 0 Å². The van der Waals surface area contributed by atoms with E-state index in [1.807, 2.05) is 32.0 Å². The van der Waals surface area contributed by atoms with Crippen molar-refractivity contribution in [1.82, 2.24) is 14.9 Å². The third kappa shape index (κ3) is 3.15.